The van der Waals surface area contributed by atoms with E-state index in [-0.39, 0.29) is 12.0 Å². The van der Waals surface area contributed by atoms with E-state index < -0.39 is 0 Å². The molecular formula is C7H16N2O2. The van der Waals surface area contributed by atoms with Gasteiger partial charge in [-0.15, -0.1) is 0 Å². The van der Waals surface area contributed by atoms with Gasteiger partial charge in [0.2, 0.25) is 5.91 Å². The van der Waals surface area contributed by atoms with E-state index in [1.807, 2.05) is 6.92 Å². The molecule has 11 heavy (non-hydrogen) atoms. The lowest BCUT2D eigenvalue weighted by atomic mass is 10.3. The molecule has 0 saturated heterocycles. The first-order valence-electron chi connectivity index (χ1n) is 3.68. The fourth-order valence-electron chi connectivity index (χ4n) is 0.600. The predicted molar refractivity (Wildman–Crippen MR) is 43.2 cm³/mol. The largest absolute Gasteiger partial charge is 0.380 e. The fourth-order valence-corrected chi connectivity index (χ4v) is 0.600. The van der Waals surface area contributed by atoms with Gasteiger partial charge in [-0.25, -0.2) is 0 Å². The Morgan fingerprint density at radius 1 is 1.73 bits per heavy atom. The van der Waals surface area contributed by atoms with Gasteiger partial charge >= 0.3 is 0 Å². The Kier molecular flexibility index (Phi) is 5.78. The van der Waals surface area contributed by atoms with Crippen LogP contribution in [-0.2, 0) is 9.53 Å². The van der Waals surface area contributed by atoms with Crippen molar-refractivity contribution in [2.24, 2.45) is 5.73 Å². The zero-order valence-electron chi connectivity index (χ0n) is 7.09. The summed E-state index contributed by atoms with van der Waals surface area (Å²) in [6, 6.07) is 0. The van der Waals surface area contributed by atoms with Crippen molar-refractivity contribution in [3.05, 3.63) is 0 Å². The molecule has 0 fully saturated rings. The minimum Gasteiger partial charge on any atom is -0.380 e. The van der Waals surface area contributed by atoms with Crippen LogP contribution in [0.3, 0.4) is 0 Å². The average Bonchev–Trinajstić information content (AvgIpc) is 1.97. The molecule has 0 bridgehead atoms. The van der Waals surface area contributed by atoms with E-state index in [2.05, 4.69) is 5.32 Å². The summed E-state index contributed by atoms with van der Waals surface area (Å²) >= 11 is 0. The first-order chi connectivity index (χ1) is 5.16. The van der Waals surface area contributed by atoms with Crippen molar-refractivity contribution < 1.29 is 9.53 Å². The number of hydrogen-bond acceptors (Lipinski definition) is 3. The summed E-state index contributed by atoms with van der Waals surface area (Å²) in [6.07, 6.45) is 0.569. The highest BCUT2D eigenvalue weighted by atomic mass is 16.5. The first kappa shape index (κ1) is 10.4. The van der Waals surface area contributed by atoms with Crippen LogP contribution in [0.2, 0.25) is 0 Å². The molecule has 0 aromatic heterocycles. The lowest BCUT2D eigenvalue weighted by molar-refractivity contribution is -0.117. The third-order valence-corrected chi connectivity index (χ3v) is 1.38. The molecule has 0 spiro atoms. The van der Waals surface area contributed by atoms with Gasteiger partial charge in [-0.2, -0.15) is 0 Å². The lowest BCUT2D eigenvalue weighted by Crippen LogP contribution is -2.29. The van der Waals surface area contributed by atoms with Crippen molar-refractivity contribution in [2.75, 3.05) is 20.2 Å². The minimum absolute atomic E-state index is 0.183. The molecule has 1 unspecified atom stereocenters. The highest BCUT2D eigenvalue weighted by molar-refractivity contribution is 5.73. The Morgan fingerprint density at radius 3 is 2.82 bits per heavy atom. The Hall–Kier alpha value is -0.610. The highest BCUT2D eigenvalue weighted by Gasteiger charge is 1.98. The normalized spacial score (nSPS) is 12.9. The van der Waals surface area contributed by atoms with Gasteiger partial charge in [-0.3, -0.25) is 4.79 Å². The number of methoxy groups -OCH3 is 1. The Labute approximate surface area is 67.1 Å². The van der Waals surface area contributed by atoms with Gasteiger partial charge in [0.25, 0.3) is 0 Å². The maximum atomic E-state index is 10.3. The summed E-state index contributed by atoms with van der Waals surface area (Å²) in [5.41, 5.74) is 4.93. The number of rotatable bonds is 6. The van der Waals surface area contributed by atoms with Gasteiger partial charge in [-0.1, -0.05) is 0 Å². The summed E-state index contributed by atoms with van der Waals surface area (Å²) in [5, 5.41) is 3.04. The summed E-state index contributed by atoms with van der Waals surface area (Å²) in [7, 11) is 1.65. The van der Waals surface area contributed by atoms with Crippen LogP contribution in [-0.4, -0.2) is 32.2 Å². The SMILES string of the molecule is COC(C)CNCCC(N)=O. The molecule has 0 aliphatic rings. The number of hydrogen-bond donors (Lipinski definition) is 2. The second kappa shape index (κ2) is 6.12. The number of carbonyl (C=O) groups excluding carboxylic acids is 1. The van der Waals surface area contributed by atoms with Crippen molar-refractivity contribution in [3.63, 3.8) is 0 Å². The monoisotopic (exact) mass is 160 g/mol. The smallest absolute Gasteiger partial charge is 0.218 e. The van der Waals surface area contributed by atoms with Gasteiger partial charge in [-0.05, 0) is 6.92 Å². The van der Waals surface area contributed by atoms with Crippen molar-refractivity contribution in [1.82, 2.24) is 5.32 Å². The second-order valence-electron chi connectivity index (χ2n) is 2.47. The van der Waals surface area contributed by atoms with Gasteiger partial charge in [0.1, 0.15) is 0 Å². The number of carbonyl (C=O) groups is 1. The third kappa shape index (κ3) is 7.29. The quantitative estimate of drug-likeness (QED) is 0.514. The maximum Gasteiger partial charge on any atom is 0.218 e. The number of primary amides is 1. The molecule has 66 valence electrons. The molecule has 0 aliphatic heterocycles. The topological polar surface area (TPSA) is 64.3 Å². The van der Waals surface area contributed by atoms with Crippen molar-refractivity contribution in [2.45, 2.75) is 19.4 Å². The van der Waals surface area contributed by atoms with E-state index in [1.54, 1.807) is 7.11 Å². The molecule has 0 radical (unpaired) electrons. The summed E-state index contributed by atoms with van der Waals surface area (Å²) in [6.45, 7) is 3.34. The number of nitrogens with one attached hydrogen (secondary N) is 1. The number of ether oxygens (including phenoxy) is 1. The van der Waals surface area contributed by atoms with Gasteiger partial charge < -0.3 is 15.8 Å². The van der Waals surface area contributed by atoms with E-state index >= 15 is 0 Å². The Bertz CT molecular complexity index is 117. The summed E-state index contributed by atoms with van der Waals surface area (Å²) in [5.74, 6) is -0.275. The van der Waals surface area contributed by atoms with Crippen LogP contribution in [0, 0.1) is 0 Å². The maximum absolute atomic E-state index is 10.3. The van der Waals surface area contributed by atoms with Crippen LogP contribution in [0.1, 0.15) is 13.3 Å². The second-order valence-corrected chi connectivity index (χ2v) is 2.47. The van der Waals surface area contributed by atoms with Crippen LogP contribution in [0.5, 0.6) is 0 Å². The first-order valence-corrected chi connectivity index (χ1v) is 3.68. The van der Waals surface area contributed by atoms with Crippen LogP contribution in [0.25, 0.3) is 0 Å². The predicted octanol–water partition coefficient (Wildman–Crippen LogP) is -0.514. The van der Waals surface area contributed by atoms with Gasteiger partial charge in [0, 0.05) is 26.6 Å². The van der Waals surface area contributed by atoms with Crippen LogP contribution >= 0.6 is 0 Å². The molecule has 0 saturated carbocycles. The number of amides is 1. The summed E-state index contributed by atoms with van der Waals surface area (Å²) < 4.78 is 4.98. The third-order valence-electron chi connectivity index (χ3n) is 1.38. The zero-order chi connectivity index (χ0) is 8.69. The van der Waals surface area contributed by atoms with Gasteiger partial charge in [0.05, 0.1) is 6.10 Å². The van der Waals surface area contributed by atoms with Crippen molar-refractivity contribution >= 4 is 5.91 Å². The highest BCUT2D eigenvalue weighted by Crippen LogP contribution is 1.83. The van der Waals surface area contributed by atoms with Crippen LogP contribution < -0.4 is 11.1 Å². The standard InChI is InChI=1S/C7H16N2O2/c1-6(11-2)5-9-4-3-7(8)10/h6,9H,3-5H2,1-2H3,(H2,8,10). The Balaban J connectivity index is 3.08. The molecule has 1 amide bonds. The van der Waals surface area contributed by atoms with Crippen LogP contribution in [0.4, 0.5) is 0 Å². The average molecular weight is 160 g/mol. The molecule has 4 heteroatoms. The van der Waals surface area contributed by atoms with Crippen LogP contribution in [0.15, 0.2) is 0 Å². The lowest BCUT2D eigenvalue weighted by Gasteiger charge is -2.09. The van der Waals surface area contributed by atoms with E-state index in [0.717, 1.165) is 6.54 Å². The minimum atomic E-state index is -0.275. The molecule has 4 nitrogen and oxygen atoms in total. The molecule has 0 aromatic carbocycles. The molecule has 0 aliphatic carbocycles. The van der Waals surface area contributed by atoms with Crippen molar-refractivity contribution in [3.8, 4) is 0 Å². The van der Waals surface area contributed by atoms with Gasteiger partial charge in [0.15, 0.2) is 0 Å². The zero-order valence-corrected chi connectivity index (χ0v) is 7.09. The van der Waals surface area contributed by atoms with Crippen molar-refractivity contribution in [1.29, 1.82) is 0 Å². The summed E-state index contributed by atoms with van der Waals surface area (Å²) in [4.78, 5) is 10.3. The van der Waals surface area contributed by atoms with E-state index in [1.165, 1.54) is 0 Å². The molecular weight excluding hydrogens is 144 g/mol. The fraction of sp³-hybridized carbons (Fsp3) is 0.857. The molecule has 0 aromatic rings. The van der Waals surface area contributed by atoms with E-state index in [4.69, 9.17) is 10.5 Å². The number of nitrogens with two attached hydrogens (primary N) is 1. The molecule has 3 N–H and O–H groups in total. The van der Waals surface area contributed by atoms with E-state index in [0.29, 0.717) is 13.0 Å². The molecule has 0 rings (SSSR count). The molecule has 1 atom stereocenters. The Morgan fingerprint density at radius 2 is 2.36 bits per heavy atom. The van der Waals surface area contributed by atoms with E-state index in [9.17, 15) is 4.79 Å². The molecule has 0 heterocycles.